The molecule has 1 N–H and O–H groups in total. The van der Waals surface area contributed by atoms with Crippen LogP contribution in [-0.2, 0) is 10.0 Å². The van der Waals surface area contributed by atoms with Gasteiger partial charge in [-0.2, -0.15) is 0 Å². The van der Waals surface area contributed by atoms with E-state index in [0.29, 0.717) is 5.70 Å². The third-order valence-electron chi connectivity index (χ3n) is 1.36. The fourth-order valence-corrected chi connectivity index (χ4v) is 1.36. The number of hydrogen-bond donors (Lipinski definition) is 1. The van der Waals surface area contributed by atoms with Gasteiger partial charge in [0, 0.05) is 11.3 Å². The molecule has 0 unspecified atom stereocenters. The van der Waals surface area contributed by atoms with Gasteiger partial charge in [-0.05, 0) is 26.0 Å². The van der Waals surface area contributed by atoms with Crippen LogP contribution in [0.1, 0.15) is 13.8 Å². The van der Waals surface area contributed by atoms with Crippen molar-refractivity contribution in [2.24, 2.45) is 0 Å². The minimum Gasteiger partial charge on any atom is -0.284 e. The number of nitrogens with one attached hydrogen (secondary N) is 1. The Morgan fingerprint density at radius 2 is 2.00 bits per heavy atom. The van der Waals surface area contributed by atoms with Crippen LogP contribution in [0, 0.1) is 11.8 Å². The predicted molar refractivity (Wildman–Crippen MR) is 63.5 cm³/mol. The highest BCUT2D eigenvalue weighted by Gasteiger charge is 1.98. The van der Waals surface area contributed by atoms with Crippen molar-refractivity contribution in [1.82, 2.24) is 4.72 Å². The minimum atomic E-state index is -3.25. The summed E-state index contributed by atoms with van der Waals surface area (Å²) in [5.74, 6) is 5.61. The highest BCUT2D eigenvalue weighted by molar-refractivity contribution is 7.88. The highest BCUT2D eigenvalue weighted by atomic mass is 32.2. The summed E-state index contributed by atoms with van der Waals surface area (Å²) in [7, 11) is -3.25. The number of rotatable bonds is 4. The van der Waals surface area contributed by atoms with Gasteiger partial charge >= 0.3 is 0 Å². The maximum Gasteiger partial charge on any atom is 0.229 e. The Kier molecular flexibility index (Phi) is 5.50. The third-order valence-corrected chi connectivity index (χ3v) is 1.99. The van der Waals surface area contributed by atoms with Gasteiger partial charge in [-0.3, -0.25) is 4.72 Å². The first kappa shape index (κ1) is 13.5. The summed E-state index contributed by atoms with van der Waals surface area (Å²) in [4.78, 5) is 0. The van der Waals surface area contributed by atoms with Crippen molar-refractivity contribution in [2.45, 2.75) is 13.8 Å². The van der Waals surface area contributed by atoms with Crippen LogP contribution >= 0.6 is 0 Å². The smallest absolute Gasteiger partial charge is 0.229 e. The molecule has 15 heavy (non-hydrogen) atoms. The van der Waals surface area contributed by atoms with Gasteiger partial charge in [-0.1, -0.05) is 18.6 Å². The average Bonchev–Trinajstić information content (AvgIpc) is 2.09. The molecule has 3 nitrogen and oxygen atoms in total. The Bertz CT molecular complexity index is 445. The first-order chi connectivity index (χ1) is 6.89. The van der Waals surface area contributed by atoms with Crippen LogP contribution in [-0.4, -0.2) is 14.7 Å². The summed E-state index contributed by atoms with van der Waals surface area (Å²) < 4.78 is 23.9. The zero-order valence-corrected chi connectivity index (χ0v) is 9.98. The van der Waals surface area contributed by atoms with E-state index in [0.717, 1.165) is 11.8 Å². The second-order valence-corrected chi connectivity index (χ2v) is 4.60. The molecule has 0 aromatic carbocycles. The lowest BCUT2D eigenvalue weighted by Crippen LogP contribution is -2.19. The maximum atomic E-state index is 10.8. The van der Waals surface area contributed by atoms with Gasteiger partial charge in [-0.25, -0.2) is 8.42 Å². The Hall–Kier alpha value is -1.47. The first-order valence-electron chi connectivity index (χ1n) is 4.33. The Balaban J connectivity index is 4.53. The van der Waals surface area contributed by atoms with Gasteiger partial charge in [0.05, 0.1) is 6.26 Å². The van der Waals surface area contributed by atoms with E-state index < -0.39 is 10.0 Å². The molecule has 0 saturated heterocycles. The van der Waals surface area contributed by atoms with E-state index in [4.69, 9.17) is 0 Å². The number of allylic oxidation sites excluding steroid dienone is 4. The molecule has 0 heterocycles. The van der Waals surface area contributed by atoms with Gasteiger partial charge < -0.3 is 0 Å². The van der Waals surface area contributed by atoms with Crippen LogP contribution in [0.15, 0.2) is 36.1 Å². The monoisotopic (exact) mass is 225 g/mol. The maximum absolute atomic E-state index is 10.8. The molecule has 0 spiro atoms. The van der Waals surface area contributed by atoms with E-state index >= 15 is 0 Å². The minimum absolute atomic E-state index is 0.315. The summed E-state index contributed by atoms with van der Waals surface area (Å²) in [6, 6.07) is 0. The fraction of sp³-hybridized carbons (Fsp3) is 0.273. The molecular weight excluding hydrogens is 210 g/mol. The normalized spacial score (nSPS) is 12.1. The van der Waals surface area contributed by atoms with Gasteiger partial charge in [0.25, 0.3) is 0 Å². The van der Waals surface area contributed by atoms with E-state index in [2.05, 4.69) is 23.1 Å². The molecule has 0 bridgehead atoms. The van der Waals surface area contributed by atoms with Crippen molar-refractivity contribution in [2.75, 3.05) is 6.26 Å². The van der Waals surface area contributed by atoms with Crippen LogP contribution in [0.4, 0.5) is 0 Å². The SMILES string of the molecule is C=C(/C=C\C(C#CC)=C/C)NS(C)(=O)=O. The summed E-state index contributed by atoms with van der Waals surface area (Å²) in [6.07, 6.45) is 6.19. The summed E-state index contributed by atoms with van der Waals surface area (Å²) in [5, 5.41) is 0. The highest BCUT2D eigenvalue weighted by Crippen LogP contribution is 1.98. The van der Waals surface area contributed by atoms with Crippen LogP contribution in [0.5, 0.6) is 0 Å². The molecule has 0 aliphatic heterocycles. The molecule has 0 aliphatic rings. The van der Waals surface area contributed by atoms with E-state index in [9.17, 15) is 8.42 Å². The van der Waals surface area contributed by atoms with Crippen molar-refractivity contribution in [1.29, 1.82) is 0 Å². The van der Waals surface area contributed by atoms with Gasteiger partial charge in [-0.15, -0.1) is 5.92 Å². The van der Waals surface area contributed by atoms with Crippen LogP contribution < -0.4 is 4.72 Å². The van der Waals surface area contributed by atoms with Crippen molar-refractivity contribution < 1.29 is 8.42 Å². The molecule has 4 heteroatoms. The molecule has 82 valence electrons. The summed E-state index contributed by atoms with van der Waals surface area (Å²) in [5.41, 5.74) is 1.13. The molecule has 0 saturated carbocycles. The number of sulfonamides is 1. The Morgan fingerprint density at radius 1 is 1.40 bits per heavy atom. The lowest BCUT2D eigenvalue weighted by Gasteiger charge is -2.01. The summed E-state index contributed by atoms with van der Waals surface area (Å²) in [6.45, 7) is 7.15. The fourth-order valence-electron chi connectivity index (χ4n) is 0.817. The molecular formula is C11H15NO2S. The van der Waals surface area contributed by atoms with Gasteiger partial charge in [0.15, 0.2) is 0 Å². The van der Waals surface area contributed by atoms with Crippen LogP contribution in [0.2, 0.25) is 0 Å². The summed E-state index contributed by atoms with van der Waals surface area (Å²) >= 11 is 0. The van der Waals surface area contributed by atoms with Crippen molar-refractivity contribution >= 4 is 10.0 Å². The standard InChI is InChI=1S/C11H15NO2S/c1-5-7-11(6-2)9-8-10(3)12-15(4,13)14/h6,8-9,12H,3H2,1-2,4H3/b9-8-,11-6-. The lowest BCUT2D eigenvalue weighted by molar-refractivity contribution is 0.595. The molecule has 0 aromatic rings. The van der Waals surface area contributed by atoms with Crippen LogP contribution in [0.25, 0.3) is 0 Å². The lowest BCUT2D eigenvalue weighted by atomic mass is 10.2. The topological polar surface area (TPSA) is 46.2 Å². The zero-order valence-electron chi connectivity index (χ0n) is 9.16. The number of hydrogen-bond acceptors (Lipinski definition) is 2. The third kappa shape index (κ3) is 7.59. The van der Waals surface area contributed by atoms with Gasteiger partial charge in [0.1, 0.15) is 0 Å². The molecule has 0 rings (SSSR count). The quantitative estimate of drug-likeness (QED) is 0.583. The Labute approximate surface area is 91.6 Å². The molecule has 0 amide bonds. The second-order valence-electron chi connectivity index (χ2n) is 2.85. The first-order valence-corrected chi connectivity index (χ1v) is 6.22. The molecule has 0 radical (unpaired) electrons. The Morgan fingerprint density at radius 3 is 2.40 bits per heavy atom. The predicted octanol–water partition coefficient (Wildman–Crippen LogP) is 1.58. The molecule has 0 aromatic heterocycles. The van der Waals surface area contributed by atoms with Crippen molar-refractivity contribution in [3.05, 3.63) is 36.1 Å². The van der Waals surface area contributed by atoms with E-state index in [-0.39, 0.29) is 0 Å². The van der Waals surface area contributed by atoms with E-state index in [1.165, 1.54) is 0 Å². The van der Waals surface area contributed by atoms with E-state index in [1.54, 1.807) is 19.1 Å². The van der Waals surface area contributed by atoms with Crippen molar-refractivity contribution in [3.8, 4) is 11.8 Å². The average molecular weight is 225 g/mol. The zero-order chi connectivity index (χ0) is 11.9. The molecule has 0 aliphatic carbocycles. The second kappa shape index (κ2) is 6.10. The largest absolute Gasteiger partial charge is 0.284 e. The van der Waals surface area contributed by atoms with Crippen molar-refractivity contribution in [3.63, 3.8) is 0 Å². The molecule has 0 atom stereocenters. The van der Waals surface area contributed by atoms with Gasteiger partial charge in [0.2, 0.25) is 10.0 Å². The molecule has 0 fully saturated rings. The van der Waals surface area contributed by atoms with E-state index in [1.807, 2.05) is 13.0 Å². The van der Waals surface area contributed by atoms with Crippen LogP contribution in [0.3, 0.4) is 0 Å².